The molecule has 0 aliphatic rings. The van der Waals surface area contributed by atoms with Crippen molar-refractivity contribution in [1.82, 2.24) is 9.73 Å². The number of amides is 1. The molecule has 0 spiro atoms. The van der Waals surface area contributed by atoms with Gasteiger partial charge in [-0.2, -0.15) is 9.41 Å². The molecule has 0 aliphatic heterocycles. The van der Waals surface area contributed by atoms with Crippen molar-refractivity contribution in [2.75, 3.05) is 13.6 Å². The quantitative estimate of drug-likeness (QED) is 0.605. The highest BCUT2D eigenvalue weighted by molar-refractivity contribution is 7.89. The van der Waals surface area contributed by atoms with Crippen molar-refractivity contribution in [3.05, 3.63) is 64.7 Å². The van der Waals surface area contributed by atoms with Gasteiger partial charge in [0.25, 0.3) is 5.91 Å². The molecule has 138 valence electrons. The fourth-order valence-corrected chi connectivity index (χ4v) is 3.57. The molecule has 0 heterocycles. The van der Waals surface area contributed by atoms with E-state index in [0.29, 0.717) is 16.3 Å². The summed E-state index contributed by atoms with van der Waals surface area (Å²) in [4.78, 5) is 12.2. The lowest BCUT2D eigenvalue weighted by molar-refractivity contribution is -0.121. The highest BCUT2D eigenvalue weighted by atomic mass is 35.5. The fraction of sp³-hybridized carbons (Fsp3) is 0.222. The molecule has 26 heavy (non-hydrogen) atoms. The Morgan fingerprint density at radius 2 is 1.77 bits per heavy atom. The summed E-state index contributed by atoms with van der Waals surface area (Å²) in [5, 5.41) is 4.50. The normalized spacial score (nSPS) is 12.3. The Morgan fingerprint density at radius 3 is 2.38 bits per heavy atom. The van der Waals surface area contributed by atoms with Gasteiger partial charge in [0.1, 0.15) is 0 Å². The number of hydrazone groups is 1. The summed E-state index contributed by atoms with van der Waals surface area (Å²) in [5.74, 6) is -0.547. The van der Waals surface area contributed by atoms with E-state index in [1.54, 1.807) is 37.3 Å². The predicted molar refractivity (Wildman–Crippen MR) is 103 cm³/mol. The molecule has 1 amide bonds. The van der Waals surface area contributed by atoms with Gasteiger partial charge < -0.3 is 0 Å². The number of benzene rings is 2. The first-order valence-corrected chi connectivity index (χ1v) is 9.64. The first-order valence-electron chi connectivity index (χ1n) is 7.83. The average Bonchev–Trinajstić information content (AvgIpc) is 2.60. The molecule has 0 unspecified atom stereocenters. The summed E-state index contributed by atoms with van der Waals surface area (Å²) in [5.41, 5.74) is 4.52. The van der Waals surface area contributed by atoms with Crippen molar-refractivity contribution in [2.24, 2.45) is 5.10 Å². The highest BCUT2D eigenvalue weighted by Crippen LogP contribution is 2.16. The van der Waals surface area contributed by atoms with Gasteiger partial charge in [-0.1, -0.05) is 47.5 Å². The number of carbonyl (C=O) groups is 1. The van der Waals surface area contributed by atoms with Gasteiger partial charge in [-0.3, -0.25) is 4.79 Å². The lowest BCUT2D eigenvalue weighted by atomic mass is 10.1. The number of hydrogen-bond donors (Lipinski definition) is 1. The van der Waals surface area contributed by atoms with Crippen LogP contribution in [0.2, 0.25) is 5.02 Å². The first kappa shape index (κ1) is 20.1. The van der Waals surface area contributed by atoms with Crippen LogP contribution in [-0.4, -0.2) is 37.9 Å². The number of likely N-dealkylation sites (N-methyl/N-ethyl adjacent to an activating group) is 1. The van der Waals surface area contributed by atoms with E-state index in [2.05, 4.69) is 10.5 Å². The van der Waals surface area contributed by atoms with E-state index >= 15 is 0 Å². The van der Waals surface area contributed by atoms with Crippen molar-refractivity contribution in [3.8, 4) is 0 Å². The van der Waals surface area contributed by atoms with E-state index in [4.69, 9.17) is 11.6 Å². The van der Waals surface area contributed by atoms with Gasteiger partial charge in [0.2, 0.25) is 10.0 Å². The van der Waals surface area contributed by atoms with Crippen molar-refractivity contribution >= 4 is 33.2 Å². The Bertz CT molecular complexity index is 925. The smallest absolute Gasteiger partial charge is 0.255 e. The summed E-state index contributed by atoms with van der Waals surface area (Å²) in [6.45, 7) is 3.22. The molecule has 1 N–H and O–H groups in total. The molecule has 2 rings (SSSR count). The number of nitrogens with one attached hydrogen (secondary N) is 1. The summed E-state index contributed by atoms with van der Waals surface area (Å²) in [7, 11) is -2.40. The van der Waals surface area contributed by atoms with Crippen molar-refractivity contribution in [3.63, 3.8) is 0 Å². The third-order valence-electron chi connectivity index (χ3n) is 3.71. The Kier molecular flexibility index (Phi) is 6.52. The Morgan fingerprint density at radius 1 is 1.15 bits per heavy atom. The van der Waals surface area contributed by atoms with E-state index in [0.717, 1.165) is 9.87 Å². The number of hydrogen-bond acceptors (Lipinski definition) is 4. The number of aryl methyl sites for hydroxylation is 1. The van der Waals surface area contributed by atoms with Crippen molar-refractivity contribution < 1.29 is 13.2 Å². The largest absolute Gasteiger partial charge is 0.272 e. The molecule has 8 heteroatoms. The molecular formula is C18H20ClN3O3S. The van der Waals surface area contributed by atoms with Crippen LogP contribution in [0.1, 0.15) is 18.1 Å². The molecule has 2 aromatic carbocycles. The predicted octanol–water partition coefficient (Wildman–Crippen LogP) is 2.81. The second-order valence-corrected chi connectivity index (χ2v) is 8.24. The van der Waals surface area contributed by atoms with E-state index < -0.39 is 15.9 Å². The first-order chi connectivity index (χ1) is 12.2. The Hall–Kier alpha value is -2.22. The Balaban J connectivity index is 2.04. The van der Waals surface area contributed by atoms with Crippen molar-refractivity contribution in [2.45, 2.75) is 18.7 Å². The minimum Gasteiger partial charge on any atom is -0.272 e. The molecule has 0 bridgehead atoms. The van der Waals surface area contributed by atoms with Crippen LogP contribution in [0.5, 0.6) is 0 Å². The molecule has 0 radical (unpaired) electrons. The fourth-order valence-electron chi connectivity index (χ4n) is 2.17. The number of sulfonamides is 1. The van der Waals surface area contributed by atoms with Gasteiger partial charge in [0, 0.05) is 17.6 Å². The van der Waals surface area contributed by atoms with Gasteiger partial charge in [-0.15, -0.1) is 0 Å². The van der Waals surface area contributed by atoms with E-state index in [1.807, 2.05) is 13.0 Å². The third kappa shape index (κ3) is 4.91. The van der Waals surface area contributed by atoms with Crippen LogP contribution in [0.4, 0.5) is 0 Å². The molecule has 2 aromatic rings. The monoisotopic (exact) mass is 393 g/mol. The Labute approximate surface area is 158 Å². The van der Waals surface area contributed by atoms with Crippen LogP contribution in [0.15, 0.2) is 58.5 Å². The molecule has 0 atom stereocenters. The number of nitrogens with zero attached hydrogens (tertiary/aromatic N) is 2. The van der Waals surface area contributed by atoms with Gasteiger partial charge in [-0.05, 0) is 32.0 Å². The maximum Gasteiger partial charge on any atom is 0.255 e. The topological polar surface area (TPSA) is 78.8 Å². The average molecular weight is 394 g/mol. The van der Waals surface area contributed by atoms with Crippen LogP contribution < -0.4 is 5.43 Å². The molecule has 0 fully saturated rings. The van der Waals surface area contributed by atoms with E-state index in [-0.39, 0.29) is 11.4 Å². The summed E-state index contributed by atoms with van der Waals surface area (Å²) in [6.07, 6.45) is 0. The minimum atomic E-state index is -3.75. The third-order valence-corrected chi connectivity index (χ3v) is 5.85. The molecule has 0 aliphatic carbocycles. The van der Waals surface area contributed by atoms with Gasteiger partial charge >= 0.3 is 0 Å². The van der Waals surface area contributed by atoms with Crippen molar-refractivity contribution in [1.29, 1.82) is 0 Å². The van der Waals surface area contributed by atoms with Crippen LogP contribution in [0, 0.1) is 6.92 Å². The molecule has 0 saturated carbocycles. The zero-order valence-electron chi connectivity index (χ0n) is 14.7. The van der Waals surface area contributed by atoms with E-state index in [1.165, 1.54) is 19.2 Å². The van der Waals surface area contributed by atoms with Gasteiger partial charge in [0.15, 0.2) is 0 Å². The number of rotatable bonds is 6. The highest BCUT2D eigenvalue weighted by Gasteiger charge is 2.22. The zero-order valence-corrected chi connectivity index (χ0v) is 16.3. The number of halogens is 1. The molecule has 6 nitrogen and oxygen atoms in total. The maximum absolute atomic E-state index is 12.5. The van der Waals surface area contributed by atoms with E-state index in [9.17, 15) is 13.2 Å². The molecular weight excluding hydrogens is 374 g/mol. The van der Waals surface area contributed by atoms with Crippen LogP contribution in [-0.2, 0) is 14.8 Å². The SMILES string of the molecule is C/C(=N\NC(=O)CN(C)S(=O)(=O)c1ccc(C)cc1)c1ccccc1Cl. The lowest BCUT2D eigenvalue weighted by Gasteiger charge is -2.16. The summed E-state index contributed by atoms with van der Waals surface area (Å²) < 4.78 is 25.9. The van der Waals surface area contributed by atoms with Gasteiger partial charge in [-0.25, -0.2) is 13.8 Å². The maximum atomic E-state index is 12.5. The van der Waals surface area contributed by atoms with Crippen LogP contribution >= 0.6 is 11.6 Å². The summed E-state index contributed by atoms with van der Waals surface area (Å²) >= 11 is 6.08. The molecule has 0 saturated heterocycles. The second-order valence-electron chi connectivity index (χ2n) is 5.79. The minimum absolute atomic E-state index is 0.133. The second kappa shape index (κ2) is 8.44. The molecule has 0 aromatic heterocycles. The van der Waals surface area contributed by atoms with Gasteiger partial charge in [0.05, 0.1) is 17.2 Å². The lowest BCUT2D eigenvalue weighted by Crippen LogP contribution is -2.36. The van der Waals surface area contributed by atoms with Crippen LogP contribution in [0.3, 0.4) is 0 Å². The van der Waals surface area contributed by atoms with Crippen LogP contribution in [0.25, 0.3) is 0 Å². The standard InChI is InChI=1S/C18H20ClN3O3S/c1-13-8-10-15(11-9-13)26(24,25)22(3)12-18(23)21-20-14(2)16-6-4-5-7-17(16)19/h4-11H,12H2,1-3H3,(H,21,23)/b20-14+. The summed E-state index contributed by atoms with van der Waals surface area (Å²) in [6, 6.07) is 13.5. The number of carbonyl (C=O) groups excluding carboxylic acids is 1. The zero-order chi connectivity index (χ0) is 19.3.